The molecule has 1 aromatic carbocycles. The molecule has 20 heavy (non-hydrogen) atoms. The molecule has 0 amide bonds. The van der Waals surface area contributed by atoms with Gasteiger partial charge in [0.25, 0.3) is 5.56 Å². The van der Waals surface area contributed by atoms with Gasteiger partial charge in [0, 0.05) is 6.20 Å². The van der Waals surface area contributed by atoms with Crippen LogP contribution in [-0.4, -0.2) is 20.6 Å². The van der Waals surface area contributed by atoms with Crippen molar-refractivity contribution in [3.8, 4) is 0 Å². The van der Waals surface area contributed by atoms with Crippen LogP contribution in [0, 0.1) is 0 Å². The number of aromatic nitrogens is 2. The zero-order valence-corrected chi connectivity index (χ0v) is 11.1. The van der Waals surface area contributed by atoms with E-state index in [0.717, 1.165) is 15.2 Å². The van der Waals surface area contributed by atoms with Gasteiger partial charge in [0.2, 0.25) is 0 Å². The predicted octanol–water partition coefficient (Wildman–Crippen LogP) is 2.20. The van der Waals surface area contributed by atoms with Crippen molar-refractivity contribution >= 4 is 27.5 Å². The van der Waals surface area contributed by atoms with Crippen molar-refractivity contribution in [3.05, 3.63) is 63.5 Å². The summed E-state index contributed by atoms with van der Waals surface area (Å²) < 4.78 is 2.41. The lowest BCUT2D eigenvalue weighted by atomic mass is 10.3. The molecule has 2 heterocycles. The minimum atomic E-state index is -1.21. The molecule has 5 nitrogen and oxygen atoms in total. The summed E-state index contributed by atoms with van der Waals surface area (Å²) >= 11 is 1.50. The normalized spacial score (nSPS) is 10.8. The van der Waals surface area contributed by atoms with Gasteiger partial charge in [-0.05, 0) is 24.3 Å². The molecule has 0 atom stereocenters. The minimum Gasteiger partial charge on any atom is -0.477 e. The van der Waals surface area contributed by atoms with Crippen LogP contribution in [0.3, 0.4) is 0 Å². The van der Waals surface area contributed by atoms with Crippen LogP contribution in [-0.2, 0) is 6.54 Å². The predicted molar refractivity (Wildman–Crippen MR) is 76.4 cm³/mol. The Kier molecular flexibility index (Phi) is 3.08. The second-order valence-corrected chi connectivity index (χ2v) is 5.35. The number of carboxylic acids is 1. The second kappa shape index (κ2) is 4.90. The zero-order valence-electron chi connectivity index (χ0n) is 10.3. The lowest BCUT2D eigenvalue weighted by molar-refractivity contribution is 0.0694. The van der Waals surface area contributed by atoms with Crippen molar-refractivity contribution < 1.29 is 9.90 Å². The number of nitrogens with zero attached hydrogens (tertiary/aromatic N) is 2. The van der Waals surface area contributed by atoms with Gasteiger partial charge in [-0.3, -0.25) is 4.79 Å². The smallest absolute Gasteiger partial charge is 0.341 e. The molecule has 0 saturated carbocycles. The highest BCUT2D eigenvalue weighted by Crippen LogP contribution is 2.21. The molecule has 0 unspecified atom stereocenters. The highest BCUT2D eigenvalue weighted by molar-refractivity contribution is 7.18. The highest BCUT2D eigenvalue weighted by atomic mass is 32.1. The van der Waals surface area contributed by atoms with Crippen molar-refractivity contribution in [3.63, 3.8) is 0 Å². The van der Waals surface area contributed by atoms with E-state index in [0.29, 0.717) is 0 Å². The summed E-state index contributed by atoms with van der Waals surface area (Å²) in [7, 11) is 0. The van der Waals surface area contributed by atoms with E-state index in [-0.39, 0.29) is 12.1 Å². The van der Waals surface area contributed by atoms with Crippen LogP contribution in [0.15, 0.2) is 47.4 Å². The topological polar surface area (TPSA) is 72.2 Å². The molecule has 0 spiro atoms. The maximum atomic E-state index is 12.0. The summed E-state index contributed by atoms with van der Waals surface area (Å²) in [5.41, 5.74) is 0.141. The fraction of sp³-hybridized carbons (Fsp3) is 0.0714. The van der Waals surface area contributed by atoms with Gasteiger partial charge in [0.05, 0.1) is 16.8 Å². The molecule has 3 aromatic rings. The summed E-state index contributed by atoms with van der Waals surface area (Å²) in [5.74, 6) is -1.21. The molecule has 0 radical (unpaired) electrons. The summed E-state index contributed by atoms with van der Waals surface area (Å²) in [6.45, 7) is 0.277. The minimum absolute atomic E-state index is 0.228. The number of hydrogen-bond acceptors (Lipinski definition) is 4. The van der Waals surface area contributed by atoms with E-state index < -0.39 is 11.5 Å². The number of carbonyl (C=O) groups is 1. The molecule has 0 aliphatic carbocycles. The Morgan fingerprint density at radius 3 is 2.80 bits per heavy atom. The average molecular weight is 286 g/mol. The number of thiazole rings is 1. The van der Waals surface area contributed by atoms with Crippen LogP contribution in [0.1, 0.15) is 15.4 Å². The molecule has 0 fully saturated rings. The number of aromatic carboxylic acids is 1. The maximum Gasteiger partial charge on any atom is 0.341 e. The van der Waals surface area contributed by atoms with Crippen LogP contribution in [0.25, 0.3) is 10.2 Å². The van der Waals surface area contributed by atoms with Crippen molar-refractivity contribution in [2.75, 3.05) is 0 Å². The molecule has 6 heteroatoms. The number of rotatable bonds is 3. The van der Waals surface area contributed by atoms with E-state index in [2.05, 4.69) is 4.98 Å². The number of fused-ring (bicyclic) bond motifs is 1. The second-order valence-electron chi connectivity index (χ2n) is 4.24. The molecule has 100 valence electrons. The van der Waals surface area contributed by atoms with Crippen molar-refractivity contribution in [1.82, 2.24) is 9.55 Å². The number of para-hydroxylation sites is 1. The molecule has 0 saturated heterocycles. The van der Waals surface area contributed by atoms with Crippen LogP contribution >= 0.6 is 11.3 Å². The van der Waals surface area contributed by atoms with Crippen LogP contribution in [0.5, 0.6) is 0 Å². The van der Waals surface area contributed by atoms with E-state index in [4.69, 9.17) is 5.11 Å². The molecular formula is C14H10N2O3S. The van der Waals surface area contributed by atoms with E-state index in [1.165, 1.54) is 22.0 Å². The molecule has 3 rings (SSSR count). The Bertz CT molecular complexity index is 818. The van der Waals surface area contributed by atoms with Crippen molar-refractivity contribution in [2.45, 2.75) is 6.54 Å². The maximum absolute atomic E-state index is 12.0. The van der Waals surface area contributed by atoms with E-state index in [9.17, 15) is 9.59 Å². The Morgan fingerprint density at radius 2 is 2.05 bits per heavy atom. The Morgan fingerprint density at radius 1 is 1.25 bits per heavy atom. The quantitative estimate of drug-likeness (QED) is 0.801. The van der Waals surface area contributed by atoms with Crippen molar-refractivity contribution in [1.29, 1.82) is 0 Å². The van der Waals surface area contributed by atoms with E-state index in [1.54, 1.807) is 12.3 Å². The summed E-state index contributed by atoms with van der Waals surface area (Å²) in [6.07, 6.45) is 1.57. The van der Waals surface area contributed by atoms with Gasteiger partial charge in [-0.1, -0.05) is 12.1 Å². The zero-order chi connectivity index (χ0) is 14.1. The van der Waals surface area contributed by atoms with Gasteiger partial charge >= 0.3 is 5.97 Å². The van der Waals surface area contributed by atoms with Crippen LogP contribution in [0.4, 0.5) is 0 Å². The molecule has 0 aliphatic rings. The number of hydrogen-bond donors (Lipinski definition) is 1. The third-order valence-electron chi connectivity index (χ3n) is 2.89. The van der Waals surface area contributed by atoms with Gasteiger partial charge in [-0.15, -0.1) is 11.3 Å². The molecular weight excluding hydrogens is 276 g/mol. The van der Waals surface area contributed by atoms with Crippen LogP contribution in [0.2, 0.25) is 0 Å². The molecule has 1 N–H and O–H groups in total. The third-order valence-corrected chi connectivity index (χ3v) is 3.92. The standard InChI is InChI=1S/C14H10N2O3S/c17-13-9(14(18)19)4-3-7-16(13)8-12-15-10-5-1-2-6-11(10)20-12/h1-7H,8H2,(H,18,19). The fourth-order valence-corrected chi connectivity index (χ4v) is 2.92. The van der Waals surface area contributed by atoms with E-state index >= 15 is 0 Å². The molecule has 0 aliphatic heterocycles. The van der Waals surface area contributed by atoms with Crippen molar-refractivity contribution in [2.24, 2.45) is 0 Å². The SMILES string of the molecule is O=C(O)c1cccn(Cc2nc3ccccc3s2)c1=O. The number of carboxylic acid groups (broad SMARTS) is 1. The summed E-state index contributed by atoms with van der Waals surface area (Å²) in [4.78, 5) is 27.4. The summed E-state index contributed by atoms with van der Waals surface area (Å²) in [6, 6.07) is 10.6. The lowest BCUT2D eigenvalue weighted by Gasteiger charge is -2.03. The fourth-order valence-electron chi connectivity index (χ4n) is 1.96. The average Bonchev–Trinajstić information content (AvgIpc) is 2.83. The molecule has 0 bridgehead atoms. The summed E-state index contributed by atoms with van der Waals surface area (Å²) in [5, 5.41) is 9.72. The third kappa shape index (κ3) is 2.21. The first kappa shape index (κ1) is 12.6. The highest BCUT2D eigenvalue weighted by Gasteiger charge is 2.11. The number of pyridine rings is 1. The van der Waals surface area contributed by atoms with E-state index in [1.807, 2.05) is 24.3 Å². The first-order valence-electron chi connectivity index (χ1n) is 5.92. The lowest BCUT2D eigenvalue weighted by Crippen LogP contribution is -2.25. The van der Waals surface area contributed by atoms with Gasteiger partial charge in [-0.25, -0.2) is 9.78 Å². The number of benzene rings is 1. The van der Waals surface area contributed by atoms with Crippen LogP contribution < -0.4 is 5.56 Å². The monoisotopic (exact) mass is 286 g/mol. The first-order chi connectivity index (χ1) is 9.65. The Hall–Kier alpha value is -2.47. The van der Waals surface area contributed by atoms with Gasteiger partial charge in [-0.2, -0.15) is 0 Å². The Labute approximate surface area is 117 Å². The molecule has 2 aromatic heterocycles. The Balaban J connectivity index is 2.01. The van der Waals surface area contributed by atoms with Gasteiger partial charge < -0.3 is 9.67 Å². The van der Waals surface area contributed by atoms with Gasteiger partial charge in [0.15, 0.2) is 0 Å². The first-order valence-corrected chi connectivity index (χ1v) is 6.74. The largest absolute Gasteiger partial charge is 0.477 e. The van der Waals surface area contributed by atoms with Gasteiger partial charge in [0.1, 0.15) is 10.6 Å².